The second kappa shape index (κ2) is 17.3. The monoisotopic (exact) mass is 767 g/mol. The third-order valence-electron chi connectivity index (χ3n) is 8.53. The van der Waals surface area contributed by atoms with Gasteiger partial charge in [0.05, 0.1) is 10.6 Å². The summed E-state index contributed by atoms with van der Waals surface area (Å²) in [6.07, 6.45) is 0.943. The SMILES string of the molecule is CC[C@H](C)NC(=O)[C@@H](Cc1ccccc1)N(Cc1ccc(Br)cc1)C(=O)CN(c1ccc(Oc2ccccc2)cc1)S(=O)(=O)c1ccc(C)cc1. The third kappa shape index (κ3) is 10.1. The van der Waals surface area contributed by atoms with E-state index in [9.17, 15) is 18.0 Å². The molecule has 0 radical (unpaired) electrons. The number of para-hydroxylation sites is 1. The molecular weight excluding hydrogens is 726 g/mol. The molecule has 8 nitrogen and oxygen atoms in total. The zero-order valence-corrected chi connectivity index (χ0v) is 31.3. The van der Waals surface area contributed by atoms with Gasteiger partial charge in [-0.2, -0.15) is 0 Å². The molecule has 10 heteroatoms. The van der Waals surface area contributed by atoms with Gasteiger partial charge in [-0.25, -0.2) is 8.42 Å². The first-order valence-electron chi connectivity index (χ1n) is 16.8. The summed E-state index contributed by atoms with van der Waals surface area (Å²) in [7, 11) is -4.24. The lowest BCUT2D eigenvalue weighted by molar-refractivity contribution is -0.140. The number of hydrogen-bond acceptors (Lipinski definition) is 5. The van der Waals surface area contributed by atoms with Gasteiger partial charge in [0.1, 0.15) is 24.1 Å². The molecule has 0 aliphatic heterocycles. The summed E-state index contributed by atoms with van der Waals surface area (Å²) in [6, 6.07) is 38.3. The van der Waals surface area contributed by atoms with Crippen LogP contribution >= 0.6 is 15.9 Å². The van der Waals surface area contributed by atoms with Crippen LogP contribution in [0.3, 0.4) is 0 Å². The molecule has 0 spiro atoms. The Hall–Kier alpha value is -4.93. The quantitative estimate of drug-likeness (QED) is 0.116. The number of halogens is 1. The summed E-state index contributed by atoms with van der Waals surface area (Å²) in [4.78, 5) is 30.3. The van der Waals surface area contributed by atoms with Crippen molar-refractivity contribution in [3.05, 3.63) is 155 Å². The Morgan fingerprint density at radius 1 is 0.765 bits per heavy atom. The summed E-state index contributed by atoms with van der Waals surface area (Å²) in [6.45, 7) is 5.30. The first-order chi connectivity index (χ1) is 24.5. The Balaban J connectivity index is 1.56. The van der Waals surface area contributed by atoms with E-state index in [0.717, 1.165) is 25.5 Å². The molecule has 0 aliphatic rings. The molecule has 264 valence electrons. The van der Waals surface area contributed by atoms with Crippen molar-refractivity contribution in [3.8, 4) is 11.5 Å². The summed E-state index contributed by atoms with van der Waals surface area (Å²) in [5.74, 6) is 0.297. The van der Waals surface area contributed by atoms with Crippen molar-refractivity contribution >= 4 is 43.5 Å². The third-order valence-corrected chi connectivity index (χ3v) is 10.8. The first kappa shape index (κ1) is 37.3. The highest BCUT2D eigenvalue weighted by Crippen LogP contribution is 2.29. The molecule has 2 amide bonds. The van der Waals surface area contributed by atoms with E-state index in [4.69, 9.17) is 4.74 Å². The molecular formula is C41H42BrN3O5S. The van der Waals surface area contributed by atoms with Crippen molar-refractivity contribution in [1.82, 2.24) is 10.2 Å². The number of amides is 2. The zero-order chi connectivity index (χ0) is 36.4. The summed E-state index contributed by atoms with van der Waals surface area (Å²) >= 11 is 3.48. The van der Waals surface area contributed by atoms with Crippen LogP contribution in [0.4, 0.5) is 5.69 Å². The Morgan fingerprint density at radius 3 is 1.96 bits per heavy atom. The average molecular weight is 769 g/mol. The fraction of sp³-hybridized carbons (Fsp3) is 0.220. The fourth-order valence-corrected chi connectivity index (χ4v) is 7.13. The van der Waals surface area contributed by atoms with E-state index in [0.29, 0.717) is 17.9 Å². The molecule has 51 heavy (non-hydrogen) atoms. The van der Waals surface area contributed by atoms with Gasteiger partial charge < -0.3 is 15.0 Å². The molecule has 2 atom stereocenters. The van der Waals surface area contributed by atoms with Crippen LogP contribution in [0.15, 0.2) is 143 Å². The predicted octanol–water partition coefficient (Wildman–Crippen LogP) is 8.30. The van der Waals surface area contributed by atoms with Gasteiger partial charge >= 0.3 is 0 Å². The lowest BCUT2D eigenvalue weighted by Crippen LogP contribution is -2.54. The molecule has 0 bridgehead atoms. The van der Waals surface area contributed by atoms with Crippen LogP contribution < -0.4 is 14.4 Å². The lowest BCUT2D eigenvalue weighted by atomic mass is 10.0. The summed E-state index contributed by atoms with van der Waals surface area (Å²) < 4.78 is 36.7. The molecule has 0 saturated heterocycles. The number of nitrogens with zero attached hydrogens (tertiary/aromatic N) is 2. The van der Waals surface area contributed by atoms with Crippen molar-refractivity contribution in [1.29, 1.82) is 0 Å². The van der Waals surface area contributed by atoms with Gasteiger partial charge in [-0.05, 0) is 92.1 Å². The van der Waals surface area contributed by atoms with Crippen LogP contribution in [0.2, 0.25) is 0 Å². The largest absolute Gasteiger partial charge is 0.457 e. The van der Waals surface area contributed by atoms with E-state index in [1.54, 1.807) is 36.4 Å². The number of benzene rings is 5. The maximum Gasteiger partial charge on any atom is 0.264 e. The Labute approximate surface area is 309 Å². The molecule has 1 N–H and O–H groups in total. The van der Waals surface area contributed by atoms with E-state index >= 15 is 0 Å². The molecule has 0 saturated carbocycles. The van der Waals surface area contributed by atoms with Crippen molar-refractivity contribution in [3.63, 3.8) is 0 Å². The van der Waals surface area contributed by atoms with Gasteiger partial charge in [0.15, 0.2) is 0 Å². The van der Waals surface area contributed by atoms with Crippen LogP contribution in [0, 0.1) is 6.92 Å². The zero-order valence-electron chi connectivity index (χ0n) is 28.9. The number of ether oxygens (including phenoxy) is 1. The second-order valence-electron chi connectivity index (χ2n) is 12.4. The first-order valence-corrected chi connectivity index (χ1v) is 19.1. The summed E-state index contributed by atoms with van der Waals surface area (Å²) in [5.41, 5.74) is 2.83. The van der Waals surface area contributed by atoms with E-state index in [1.807, 2.05) is 106 Å². The molecule has 0 unspecified atom stereocenters. The van der Waals surface area contributed by atoms with Crippen LogP contribution in [-0.4, -0.2) is 43.8 Å². The summed E-state index contributed by atoms with van der Waals surface area (Å²) in [5, 5.41) is 3.07. The highest BCUT2D eigenvalue weighted by Gasteiger charge is 2.35. The number of carbonyl (C=O) groups excluding carboxylic acids is 2. The molecule has 5 aromatic rings. The van der Waals surface area contributed by atoms with Gasteiger partial charge in [-0.15, -0.1) is 0 Å². The molecule has 0 heterocycles. The number of anilines is 1. The van der Waals surface area contributed by atoms with Crippen molar-refractivity contribution in [2.24, 2.45) is 0 Å². The Morgan fingerprint density at radius 2 is 1.35 bits per heavy atom. The van der Waals surface area contributed by atoms with E-state index < -0.39 is 28.5 Å². The Kier molecular flexibility index (Phi) is 12.7. The maximum absolute atomic E-state index is 14.7. The van der Waals surface area contributed by atoms with Crippen LogP contribution in [-0.2, 0) is 32.6 Å². The van der Waals surface area contributed by atoms with Gasteiger partial charge in [-0.3, -0.25) is 13.9 Å². The number of aryl methyl sites for hydroxylation is 1. The highest BCUT2D eigenvalue weighted by molar-refractivity contribution is 9.10. The minimum atomic E-state index is -4.24. The number of carbonyl (C=O) groups is 2. The van der Waals surface area contributed by atoms with Crippen molar-refractivity contribution < 1.29 is 22.7 Å². The molecule has 5 aromatic carbocycles. The fourth-order valence-electron chi connectivity index (χ4n) is 5.45. The molecule has 0 aliphatic carbocycles. The number of rotatable bonds is 15. The topological polar surface area (TPSA) is 96.0 Å². The van der Waals surface area contributed by atoms with E-state index in [-0.39, 0.29) is 35.5 Å². The minimum Gasteiger partial charge on any atom is -0.457 e. The predicted molar refractivity (Wildman–Crippen MR) is 205 cm³/mol. The second-order valence-corrected chi connectivity index (χ2v) is 15.2. The van der Waals surface area contributed by atoms with Crippen molar-refractivity contribution in [2.45, 2.75) is 57.1 Å². The van der Waals surface area contributed by atoms with E-state index in [2.05, 4.69) is 21.2 Å². The van der Waals surface area contributed by atoms with Gasteiger partial charge in [0, 0.05) is 23.5 Å². The molecule has 0 aromatic heterocycles. The van der Waals surface area contributed by atoms with Crippen molar-refractivity contribution in [2.75, 3.05) is 10.8 Å². The van der Waals surface area contributed by atoms with Gasteiger partial charge in [0.25, 0.3) is 10.0 Å². The lowest BCUT2D eigenvalue weighted by Gasteiger charge is -2.34. The number of nitrogens with one attached hydrogen (secondary N) is 1. The van der Waals surface area contributed by atoms with Gasteiger partial charge in [-0.1, -0.05) is 101 Å². The Bertz CT molecular complexity index is 1990. The smallest absolute Gasteiger partial charge is 0.264 e. The van der Waals surface area contributed by atoms with Crippen LogP contribution in [0.1, 0.15) is 37.0 Å². The van der Waals surface area contributed by atoms with E-state index in [1.165, 1.54) is 17.0 Å². The van der Waals surface area contributed by atoms with Gasteiger partial charge in [0.2, 0.25) is 11.8 Å². The standard InChI is InChI=1S/C41H42BrN3O5S/c1-4-31(3)43-41(47)39(27-32-11-7-5-8-12-32)44(28-33-17-19-34(42)20-18-33)40(46)29-45(51(48,49)38-25-15-30(2)16-26-38)35-21-23-37(24-22-35)50-36-13-9-6-10-14-36/h5-26,31,39H,4,27-29H2,1-3H3,(H,43,47)/t31-,39+/m0/s1. The molecule has 5 rings (SSSR count). The molecule has 0 fully saturated rings. The van der Waals surface area contributed by atoms with Crippen LogP contribution in [0.5, 0.6) is 11.5 Å². The highest BCUT2D eigenvalue weighted by atomic mass is 79.9. The number of sulfonamides is 1. The maximum atomic E-state index is 14.7. The number of hydrogen-bond donors (Lipinski definition) is 1. The average Bonchev–Trinajstić information content (AvgIpc) is 3.14. The normalized spacial score (nSPS) is 12.4. The van der Waals surface area contributed by atoms with Crippen LogP contribution in [0.25, 0.3) is 0 Å². The minimum absolute atomic E-state index is 0.0420.